The van der Waals surface area contributed by atoms with Gasteiger partial charge in [-0.25, -0.2) is 13.6 Å². The van der Waals surface area contributed by atoms with Crippen LogP contribution in [0.2, 0.25) is 0 Å². The van der Waals surface area contributed by atoms with Gasteiger partial charge in [-0.2, -0.15) is 0 Å². The van der Waals surface area contributed by atoms with Gasteiger partial charge in [-0.1, -0.05) is 19.2 Å². The van der Waals surface area contributed by atoms with Gasteiger partial charge in [0.2, 0.25) is 0 Å². The first-order valence-electron chi connectivity index (χ1n) is 5.28. The lowest BCUT2D eigenvalue weighted by Crippen LogP contribution is -2.10. The van der Waals surface area contributed by atoms with E-state index in [9.17, 15) is 18.7 Å². The Morgan fingerprint density at radius 3 is 2.55 bits per heavy atom. The third-order valence-electron chi connectivity index (χ3n) is 2.35. The van der Waals surface area contributed by atoms with E-state index in [1.807, 2.05) is 0 Å². The Morgan fingerprint density at radius 1 is 1.50 bits per heavy atom. The highest BCUT2D eigenvalue weighted by Gasteiger charge is 2.21. The van der Waals surface area contributed by atoms with Gasteiger partial charge in [0.25, 0.3) is 0 Å². The summed E-state index contributed by atoms with van der Waals surface area (Å²) in [6, 6.07) is 0.760. The van der Waals surface area contributed by atoms with Gasteiger partial charge in [0.15, 0.2) is 5.82 Å². The molecule has 0 saturated heterocycles. The number of hydrogen-bond donors (Lipinski definition) is 4. The number of nitrogens with one attached hydrogen (secondary N) is 1. The van der Waals surface area contributed by atoms with E-state index in [0.717, 1.165) is 12.1 Å². The molecule has 0 bridgehead atoms. The van der Waals surface area contributed by atoms with Crippen LogP contribution >= 0.6 is 0 Å². The highest BCUT2D eigenvalue weighted by atomic mass is 19.1. The number of phenolic OH excluding ortho intramolecular Hbond substituents is 1. The van der Waals surface area contributed by atoms with E-state index >= 15 is 0 Å². The number of benzene rings is 1. The second-order valence-corrected chi connectivity index (χ2v) is 3.70. The molecule has 0 atom stereocenters. The number of aromatic carboxylic acids is 1. The Labute approximate surface area is 113 Å². The van der Waals surface area contributed by atoms with E-state index in [1.165, 1.54) is 6.08 Å². The van der Waals surface area contributed by atoms with Crippen LogP contribution in [-0.2, 0) is 0 Å². The number of carbonyl (C=O) groups is 1. The molecule has 0 heterocycles. The Kier molecular flexibility index (Phi) is 4.47. The van der Waals surface area contributed by atoms with Crippen LogP contribution < -0.4 is 11.1 Å². The molecule has 1 rings (SSSR count). The summed E-state index contributed by atoms with van der Waals surface area (Å²) >= 11 is 0. The molecule has 0 unspecified atom stereocenters. The first kappa shape index (κ1) is 15.2. The van der Waals surface area contributed by atoms with Crippen molar-refractivity contribution in [1.29, 1.82) is 0 Å². The van der Waals surface area contributed by atoms with E-state index in [-0.39, 0.29) is 5.70 Å². The van der Waals surface area contributed by atoms with Crippen LogP contribution in [0.3, 0.4) is 0 Å². The zero-order valence-corrected chi connectivity index (χ0v) is 10.3. The predicted octanol–water partition coefficient (Wildman–Crippen LogP) is 2.78. The normalized spacial score (nSPS) is 11.0. The maximum atomic E-state index is 13.9. The molecule has 1 aromatic rings. The minimum Gasteiger partial charge on any atom is -0.506 e. The third-order valence-corrected chi connectivity index (χ3v) is 2.35. The van der Waals surface area contributed by atoms with Crippen LogP contribution in [0.25, 0.3) is 0 Å². The van der Waals surface area contributed by atoms with Crippen LogP contribution in [0.1, 0.15) is 10.4 Å². The van der Waals surface area contributed by atoms with Gasteiger partial charge >= 0.3 is 5.97 Å². The molecule has 0 saturated carbocycles. The molecular weight excluding hydrogens is 270 g/mol. The van der Waals surface area contributed by atoms with Crippen molar-refractivity contribution in [2.45, 2.75) is 0 Å². The van der Waals surface area contributed by atoms with Crippen molar-refractivity contribution in [3.8, 4) is 5.75 Å². The van der Waals surface area contributed by atoms with Crippen molar-refractivity contribution in [2.75, 3.05) is 11.1 Å². The van der Waals surface area contributed by atoms with E-state index in [1.54, 1.807) is 0 Å². The van der Waals surface area contributed by atoms with Gasteiger partial charge < -0.3 is 21.3 Å². The highest BCUT2D eigenvalue weighted by molar-refractivity contribution is 5.97. The predicted molar refractivity (Wildman–Crippen MR) is 71.6 cm³/mol. The maximum absolute atomic E-state index is 13.9. The van der Waals surface area contributed by atoms with Crippen molar-refractivity contribution >= 4 is 17.3 Å². The lowest BCUT2D eigenvalue weighted by molar-refractivity contribution is 0.0697. The number of nitrogens with two attached hydrogens (primary N) is 1. The number of aromatic hydroxyl groups is 1. The van der Waals surface area contributed by atoms with E-state index < -0.39 is 40.3 Å². The summed E-state index contributed by atoms with van der Waals surface area (Å²) in [6.07, 6.45) is 2.34. The lowest BCUT2D eigenvalue weighted by atomic mass is 10.1. The molecule has 0 spiro atoms. The number of halogens is 2. The van der Waals surface area contributed by atoms with Gasteiger partial charge in [-0.15, -0.1) is 0 Å². The van der Waals surface area contributed by atoms with Crippen molar-refractivity contribution in [3.63, 3.8) is 0 Å². The van der Waals surface area contributed by atoms with Crippen molar-refractivity contribution in [1.82, 2.24) is 0 Å². The highest BCUT2D eigenvalue weighted by Crippen LogP contribution is 2.34. The number of allylic oxidation sites excluding steroid dienone is 3. The molecule has 0 aliphatic carbocycles. The SMILES string of the molecule is C=C/C=C(/Nc1c(C(=O)O)cc(O)c(N)c1F)C(=C)F. The number of phenols is 1. The number of rotatable bonds is 5. The standard InChI is InChI=1S/C13H12F2N2O3/c1-3-4-8(6(2)14)17-12-7(13(19)20)5-9(18)11(16)10(12)15/h3-5,17-18H,1-2,16H2,(H,19,20)/b8-4+. The van der Waals surface area contributed by atoms with Crippen molar-refractivity contribution in [2.24, 2.45) is 0 Å². The van der Waals surface area contributed by atoms with Gasteiger partial charge in [0.1, 0.15) is 17.3 Å². The first-order chi connectivity index (χ1) is 9.29. The summed E-state index contributed by atoms with van der Waals surface area (Å²) in [7, 11) is 0. The molecule has 0 aromatic heterocycles. The van der Waals surface area contributed by atoms with Crippen LogP contribution in [0, 0.1) is 5.82 Å². The monoisotopic (exact) mass is 282 g/mol. The molecule has 1 aromatic carbocycles. The minimum atomic E-state index is -1.52. The summed E-state index contributed by atoms with van der Waals surface area (Å²) in [5.74, 6) is -4.41. The topological polar surface area (TPSA) is 95.6 Å². The van der Waals surface area contributed by atoms with E-state index in [0.29, 0.717) is 0 Å². The van der Waals surface area contributed by atoms with E-state index in [2.05, 4.69) is 18.5 Å². The molecular formula is C13H12F2N2O3. The second kappa shape index (κ2) is 5.87. The molecule has 5 nitrogen and oxygen atoms in total. The molecule has 0 fully saturated rings. The molecule has 0 radical (unpaired) electrons. The molecule has 0 aliphatic heterocycles. The number of nitrogen functional groups attached to an aromatic ring is 1. The summed E-state index contributed by atoms with van der Waals surface area (Å²) in [6.45, 7) is 6.36. The molecule has 5 N–H and O–H groups in total. The zero-order chi connectivity index (χ0) is 15.4. The maximum Gasteiger partial charge on any atom is 0.338 e. The quantitative estimate of drug-likeness (QED) is 0.288. The second-order valence-electron chi connectivity index (χ2n) is 3.70. The van der Waals surface area contributed by atoms with Gasteiger partial charge in [0.05, 0.1) is 16.9 Å². The fourth-order valence-corrected chi connectivity index (χ4v) is 1.40. The number of hydrogen-bond acceptors (Lipinski definition) is 4. The fraction of sp³-hybridized carbons (Fsp3) is 0. The average Bonchev–Trinajstić information content (AvgIpc) is 2.37. The Bertz CT molecular complexity index is 625. The van der Waals surface area contributed by atoms with Crippen molar-refractivity contribution < 1.29 is 23.8 Å². The van der Waals surface area contributed by atoms with Crippen LogP contribution in [0.15, 0.2) is 42.9 Å². The summed E-state index contributed by atoms with van der Waals surface area (Å²) in [5, 5.41) is 20.5. The summed E-state index contributed by atoms with van der Waals surface area (Å²) < 4.78 is 27.1. The minimum absolute atomic E-state index is 0.286. The number of carboxylic acids is 1. The van der Waals surface area contributed by atoms with Gasteiger partial charge in [-0.05, 0) is 12.1 Å². The molecule has 0 amide bonds. The van der Waals surface area contributed by atoms with Crippen LogP contribution in [0.5, 0.6) is 5.75 Å². The Balaban J connectivity index is 3.47. The summed E-state index contributed by atoms with van der Waals surface area (Å²) in [4.78, 5) is 11.0. The summed E-state index contributed by atoms with van der Waals surface area (Å²) in [5.41, 5.74) is 3.14. The molecule has 0 aliphatic rings. The van der Waals surface area contributed by atoms with Gasteiger partial charge in [0, 0.05) is 0 Å². The largest absolute Gasteiger partial charge is 0.506 e. The van der Waals surface area contributed by atoms with Crippen LogP contribution in [0.4, 0.5) is 20.2 Å². The fourth-order valence-electron chi connectivity index (χ4n) is 1.40. The average molecular weight is 282 g/mol. The smallest absolute Gasteiger partial charge is 0.338 e. The zero-order valence-electron chi connectivity index (χ0n) is 10.3. The Morgan fingerprint density at radius 2 is 2.10 bits per heavy atom. The van der Waals surface area contributed by atoms with E-state index in [4.69, 9.17) is 10.8 Å². The Hall–Kier alpha value is -2.83. The molecule has 7 heteroatoms. The van der Waals surface area contributed by atoms with Crippen LogP contribution in [-0.4, -0.2) is 16.2 Å². The lowest BCUT2D eigenvalue weighted by Gasteiger charge is -2.14. The number of carboxylic acid groups (broad SMARTS) is 1. The van der Waals surface area contributed by atoms with Gasteiger partial charge in [-0.3, -0.25) is 0 Å². The molecule has 20 heavy (non-hydrogen) atoms. The number of anilines is 2. The third kappa shape index (κ3) is 2.94. The molecule has 106 valence electrons. The first-order valence-corrected chi connectivity index (χ1v) is 5.28. The van der Waals surface area contributed by atoms with Crippen molar-refractivity contribution in [3.05, 3.63) is 54.3 Å².